The SMILES string of the molecule is CNC(=O)c1ccc(-n2c(C3CCN(C(=O)OC(C)(C)C)C3)nc3cnc(Cl)cc3c2=O)cc1. The first-order chi connectivity index (χ1) is 16.1. The number of rotatable bonds is 3. The third-order valence-electron chi connectivity index (χ3n) is 5.57. The lowest BCUT2D eigenvalue weighted by Gasteiger charge is -2.24. The molecule has 0 spiro atoms. The normalized spacial score (nSPS) is 16.0. The first-order valence-corrected chi connectivity index (χ1v) is 11.3. The van der Waals surface area contributed by atoms with Crippen LogP contribution in [-0.2, 0) is 4.74 Å². The Morgan fingerprint density at radius 1 is 1.21 bits per heavy atom. The minimum absolute atomic E-state index is 0.192. The van der Waals surface area contributed by atoms with Gasteiger partial charge in [-0.2, -0.15) is 0 Å². The number of nitrogens with one attached hydrogen (secondary N) is 1. The number of hydrogen-bond donors (Lipinski definition) is 1. The molecule has 3 aromatic rings. The molecule has 0 bridgehead atoms. The molecule has 10 heteroatoms. The number of ether oxygens (including phenoxy) is 1. The summed E-state index contributed by atoms with van der Waals surface area (Å²) >= 11 is 6.04. The molecule has 178 valence electrons. The molecule has 0 aliphatic carbocycles. The Morgan fingerprint density at radius 3 is 2.56 bits per heavy atom. The molecule has 2 amide bonds. The van der Waals surface area contributed by atoms with Gasteiger partial charge in [0, 0.05) is 31.6 Å². The highest BCUT2D eigenvalue weighted by molar-refractivity contribution is 6.30. The fourth-order valence-corrected chi connectivity index (χ4v) is 4.13. The lowest BCUT2D eigenvalue weighted by molar-refractivity contribution is 0.0292. The summed E-state index contributed by atoms with van der Waals surface area (Å²) in [5.41, 5.74) is 0.561. The van der Waals surface area contributed by atoms with Crippen LogP contribution >= 0.6 is 11.6 Å². The zero-order chi connectivity index (χ0) is 24.6. The fourth-order valence-electron chi connectivity index (χ4n) is 3.97. The minimum atomic E-state index is -0.601. The van der Waals surface area contributed by atoms with Crippen LogP contribution in [0.2, 0.25) is 5.15 Å². The van der Waals surface area contributed by atoms with Crippen molar-refractivity contribution in [2.24, 2.45) is 0 Å². The second-order valence-corrected chi connectivity index (χ2v) is 9.56. The Balaban J connectivity index is 1.79. The quantitative estimate of drug-likeness (QED) is 0.571. The van der Waals surface area contributed by atoms with Crippen LogP contribution < -0.4 is 10.9 Å². The largest absolute Gasteiger partial charge is 0.444 e. The van der Waals surface area contributed by atoms with Crippen LogP contribution in [0.4, 0.5) is 4.79 Å². The smallest absolute Gasteiger partial charge is 0.410 e. The highest BCUT2D eigenvalue weighted by Crippen LogP contribution is 2.29. The number of aromatic nitrogens is 3. The van der Waals surface area contributed by atoms with E-state index in [9.17, 15) is 14.4 Å². The van der Waals surface area contributed by atoms with Gasteiger partial charge in [0.1, 0.15) is 16.6 Å². The summed E-state index contributed by atoms with van der Waals surface area (Å²) in [7, 11) is 1.56. The predicted octanol–water partition coefficient (Wildman–Crippen LogP) is 3.52. The number of nitrogens with zero attached hydrogens (tertiary/aromatic N) is 4. The van der Waals surface area contributed by atoms with Crippen LogP contribution in [-0.4, -0.2) is 57.2 Å². The second kappa shape index (κ2) is 9.06. The number of hydrogen-bond acceptors (Lipinski definition) is 6. The molecule has 1 aromatic carbocycles. The summed E-state index contributed by atoms with van der Waals surface area (Å²) in [6.45, 7) is 6.32. The van der Waals surface area contributed by atoms with E-state index in [2.05, 4.69) is 10.3 Å². The lowest BCUT2D eigenvalue weighted by atomic mass is 10.1. The molecule has 1 fully saturated rings. The average Bonchev–Trinajstić information content (AvgIpc) is 3.28. The molecule has 1 aliphatic heterocycles. The van der Waals surface area contributed by atoms with Crippen LogP contribution in [0.1, 0.15) is 49.3 Å². The van der Waals surface area contributed by atoms with E-state index >= 15 is 0 Å². The van der Waals surface area contributed by atoms with E-state index in [4.69, 9.17) is 21.3 Å². The van der Waals surface area contributed by atoms with E-state index in [-0.39, 0.29) is 22.5 Å². The van der Waals surface area contributed by atoms with Crippen LogP contribution in [0.5, 0.6) is 0 Å². The number of carbonyl (C=O) groups excluding carboxylic acids is 2. The number of pyridine rings is 1. The number of amides is 2. The van der Waals surface area contributed by atoms with Gasteiger partial charge in [0.05, 0.1) is 22.8 Å². The van der Waals surface area contributed by atoms with Gasteiger partial charge in [0.25, 0.3) is 11.5 Å². The van der Waals surface area contributed by atoms with Gasteiger partial charge in [0.2, 0.25) is 0 Å². The molecule has 1 unspecified atom stereocenters. The van der Waals surface area contributed by atoms with E-state index in [1.54, 1.807) is 36.2 Å². The van der Waals surface area contributed by atoms with Crippen molar-refractivity contribution in [3.05, 3.63) is 63.4 Å². The highest BCUT2D eigenvalue weighted by atomic mass is 35.5. The van der Waals surface area contributed by atoms with Gasteiger partial charge >= 0.3 is 6.09 Å². The molecule has 4 rings (SSSR count). The average molecular weight is 484 g/mol. The highest BCUT2D eigenvalue weighted by Gasteiger charge is 2.33. The molecule has 0 radical (unpaired) electrons. The van der Waals surface area contributed by atoms with Crippen molar-refractivity contribution in [3.8, 4) is 5.69 Å². The molecule has 1 atom stereocenters. The second-order valence-electron chi connectivity index (χ2n) is 9.17. The Morgan fingerprint density at radius 2 is 1.91 bits per heavy atom. The third kappa shape index (κ3) is 4.75. The molecule has 1 saturated heterocycles. The number of benzene rings is 1. The third-order valence-corrected chi connectivity index (χ3v) is 5.77. The van der Waals surface area contributed by atoms with Gasteiger partial charge < -0.3 is 15.0 Å². The topological polar surface area (TPSA) is 106 Å². The van der Waals surface area contributed by atoms with Gasteiger partial charge in [-0.15, -0.1) is 0 Å². The van der Waals surface area contributed by atoms with E-state index in [0.717, 1.165) is 0 Å². The summed E-state index contributed by atoms with van der Waals surface area (Å²) in [5.74, 6) is 0.0942. The lowest BCUT2D eigenvalue weighted by Crippen LogP contribution is -2.35. The van der Waals surface area contributed by atoms with Gasteiger partial charge in [0.15, 0.2) is 0 Å². The van der Waals surface area contributed by atoms with Crippen LogP contribution in [0.15, 0.2) is 41.3 Å². The van der Waals surface area contributed by atoms with E-state index in [0.29, 0.717) is 47.5 Å². The van der Waals surface area contributed by atoms with Gasteiger partial charge in [-0.1, -0.05) is 11.6 Å². The van der Waals surface area contributed by atoms with Crippen molar-refractivity contribution >= 4 is 34.5 Å². The Hall–Kier alpha value is -3.46. The molecule has 1 aliphatic rings. The Labute approximate surface area is 201 Å². The molecular formula is C24H26ClN5O4. The predicted molar refractivity (Wildman–Crippen MR) is 129 cm³/mol. The molecule has 3 heterocycles. The Bertz CT molecular complexity index is 1310. The summed E-state index contributed by atoms with van der Waals surface area (Å²) in [4.78, 5) is 48.6. The molecule has 0 saturated carbocycles. The molecule has 2 aromatic heterocycles. The van der Waals surface area contributed by atoms with Crippen molar-refractivity contribution in [2.75, 3.05) is 20.1 Å². The molecule has 9 nitrogen and oxygen atoms in total. The maximum atomic E-state index is 13.6. The van der Waals surface area contributed by atoms with Crippen molar-refractivity contribution < 1.29 is 14.3 Å². The van der Waals surface area contributed by atoms with Gasteiger partial charge in [-0.3, -0.25) is 14.2 Å². The van der Waals surface area contributed by atoms with Crippen molar-refractivity contribution in [3.63, 3.8) is 0 Å². The number of halogens is 1. The zero-order valence-electron chi connectivity index (χ0n) is 19.5. The summed E-state index contributed by atoms with van der Waals surface area (Å²) in [5, 5.41) is 3.11. The number of fused-ring (bicyclic) bond motifs is 1. The molecular weight excluding hydrogens is 458 g/mol. The monoisotopic (exact) mass is 483 g/mol. The van der Waals surface area contributed by atoms with Gasteiger partial charge in [-0.25, -0.2) is 14.8 Å². The molecule has 34 heavy (non-hydrogen) atoms. The first-order valence-electron chi connectivity index (χ1n) is 11.0. The summed E-state index contributed by atoms with van der Waals surface area (Å²) < 4.78 is 7.03. The van der Waals surface area contributed by atoms with Crippen LogP contribution in [0.25, 0.3) is 16.6 Å². The van der Waals surface area contributed by atoms with E-state index in [1.165, 1.54) is 16.8 Å². The summed E-state index contributed by atoms with van der Waals surface area (Å²) in [6.07, 6.45) is 1.70. The van der Waals surface area contributed by atoms with Gasteiger partial charge in [-0.05, 0) is 57.5 Å². The first kappa shape index (κ1) is 23.7. The van der Waals surface area contributed by atoms with Crippen molar-refractivity contribution in [1.82, 2.24) is 24.8 Å². The van der Waals surface area contributed by atoms with Crippen LogP contribution in [0, 0.1) is 0 Å². The van der Waals surface area contributed by atoms with Crippen molar-refractivity contribution in [2.45, 2.75) is 38.7 Å². The maximum absolute atomic E-state index is 13.6. The minimum Gasteiger partial charge on any atom is -0.444 e. The summed E-state index contributed by atoms with van der Waals surface area (Å²) in [6, 6.07) is 8.19. The van der Waals surface area contributed by atoms with Crippen molar-refractivity contribution in [1.29, 1.82) is 0 Å². The number of likely N-dealkylation sites (tertiary alicyclic amines) is 1. The molecule has 1 N–H and O–H groups in total. The Kier molecular flexibility index (Phi) is 6.31. The zero-order valence-corrected chi connectivity index (χ0v) is 20.2. The van der Waals surface area contributed by atoms with E-state index < -0.39 is 11.7 Å². The standard InChI is InChI=1S/C24H26ClN5O4/c1-24(2,3)34-23(33)29-10-9-15(13-29)20-28-18-12-27-19(25)11-17(18)22(32)30(20)16-7-5-14(6-8-16)21(31)26-4/h5-8,11-12,15H,9-10,13H2,1-4H3,(H,26,31). The number of carbonyl (C=O) groups is 2. The fraction of sp³-hybridized carbons (Fsp3) is 0.375. The maximum Gasteiger partial charge on any atom is 0.410 e. The van der Waals surface area contributed by atoms with E-state index in [1.807, 2.05) is 20.8 Å². The van der Waals surface area contributed by atoms with Crippen LogP contribution in [0.3, 0.4) is 0 Å².